The molecule has 0 aliphatic rings. The van der Waals surface area contributed by atoms with Crippen LogP contribution >= 0.6 is 24.0 Å². The Labute approximate surface area is 185 Å². The Hall–Kier alpha value is -1.84. The normalized spacial score (nSPS) is 11.6. The maximum absolute atomic E-state index is 5.79. The number of nitrogens with zero attached hydrogens (tertiary/aromatic N) is 3. The molecule has 0 saturated carbocycles. The first-order valence-corrected chi connectivity index (χ1v) is 9.61. The summed E-state index contributed by atoms with van der Waals surface area (Å²) in [7, 11) is 0. The number of guanidine groups is 1. The monoisotopic (exact) mass is 500 g/mol. The molecule has 28 heavy (non-hydrogen) atoms. The SMILES string of the molecule is CCNC(=NCc1ncc(C(C)(C)C)o1)NCCCCNc1ccccn1.I. The first kappa shape index (κ1) is 24.2. The van der Waals surface area contributed by atoms with Gasteiger partial charge in [0.15, 0.2) is 5.96 Å². The lowest BCUT2D eigenvalue weighted by atomic mass is 9.94. The number of halogens is 1. The van der Waals surface area contributed by atoms with E-state index in [9.17, 15) is 0 Å². The molecule has 0 bridgehead atoms. The van der Waals surface area contributed by atoms with Crippen LogP contribution in [0.4, 0.5) is 5.82 Å². The summed E-state index contributed by atoms with van der Waals surface area (Å²) in [5.74, 6) is 3.22. The van der Waals surface area contributed by atoms with Gasteiger partial charge in [0.25, 0.3) is 0 Å². The van der Waals surface area contributed by atoms with Crippen molar-refractivity contribution in [2.75, 3.05) is 25.0 Å². The van der Waals surface area contributed by atoms with Crippen LogP contribution < -0.4 is 16.0 Å². The van der Waals surface area contributed by atoms with E-state index in [2.05, 4.69) is 58.6 Å². The Balaban J connectivity index is 0.00000392. The van der Waals surface area contributed by atoms with Crippen molar-refractivity contribution in [2.24, 2.45) is 4.99 Å². The van der Waals surface area contributed by atoms with E-state index in [-0.39, 0.29) is 29.4 Å². The summed E-state index contributed by atoms with van der Waals surface area (Å²) in [4.78, 5) is 13.1. The molecule has 0 saturated heterocycles. The second-order valence-corrected chi connectivity index (χ2v) is 7.34. The minimum Gasteiger partial charge on any atom is -0.443 e. The third-order valence-electron chi connectivity index (χ3n) is 3.88. The van der Waals surface area contributed by atoms with E-state index in [1.807, 2.05) is 18.2 Å². The van der Waals surface area contributed by atoms with E-state index in [4.69, 9.17) is 4.42 Å². The fourth-order valence-corrected chi connectivity index (χ4v) is 2.36. The molecule has 0 unspecified atom stereocenters. The molecular weight excluding hydrogens is 467 g/mol. The Bertz CT molecular complexity index is 696. The van der Waals surface area contributed by atoms with Gasteiger partial charge in [0.2, 0.25) is 5.89 Å². The number of nitrogens with one attached hydrogen (secondary N) is 3. The van der Waals surface area contributed by atoms with Crippen molar-refractivity contribution in [3.63, 3.8) is 0 Å². The van der Waals surface area contributed by atoms with Crippen LogP contribution in [0, 0.1) is 0 Å². The number of anilines is 1. The van der Waals surface area contributed by atoms with Gasteiger partial charge in [-0.1, -0.05) is 26.8 Å². The third kappa shape index (κ3) is 8.90. The molecule has 7 nitrogen and oxygen atoms in total. The topological polar surface area (TPSA) is 87.4 Å². The van der Waals surface area contributed by atoms with Gasteiger partial charge >= 0.3 is 0 Å². The summed E-state index contributed by atoms with van der Waals surface area (Å²) in [5.41, 5.74) is -0.0407. The van der Waals surface area contributed by atoms with Crippen LogP contribution in [0.15, 0.2) is 40.0 Å². The first-order chi connectivity index (χ1) is 13.0. The fourth-order valence-electron chi connectivity index (χ4n) is 2.36. The molecule has 8 heteroatoms. The number of pyridine rings is 1. The highest BCUT2D eigenvalue weighted by molar-refractivity contribution is 14.0. The summed E-state index contributed by atoms with van der Waals surface area (Å²) >= 11 is 0. The molecule has 156 valence electrons. The Morgan fingerprint density at radius 3 is 2.54 bits per heavy atom. The summed E-state index contributed by atoms with van der Waals surface area (Å²) < 4.78 is 5.79. The van der Waals surface area contributed by atoms with Gasteiger partial charge in [0.05, 0.1) is 6.20 Å². The van der Waals surface area contributed by atoms with Crippen molar-refractivity contribution in [1.82, 2.24) is 20.6 Å². The maximum Gasteiger partial charge on any atom is 0.216 e. The Morgan fingerprint density at radius 2 is 1.89 bits per heavy atom. The highest BCUT2D eigenvalue weighted by atomic mass is 127. The van der Waals surface area contributed by atoms with Gasteiger partial charge in [-0.25, -0.2) is 15.0 Å². The van der Waals surface area contributed by atoms with Gasteiger partial charge in [0, 0.05) is 31.2 Å². The molecule has 2 heterocycles. The summed E-state index contributed by atoms with van der Waals surface area (Å²) in [6.07, 6.45) is 5.68. The lowest BCUT2D eigenvalue weighted by Gasteiger charge is -2.13. The lowest BCUT2D eigenvalue weighted by molar-refractivity contribution is 0.383. The van der Waals surface area contributed by atoms with Gasteiger partial charge < -0.3 is 20.4 Å². The number of rotatable bonds is 9. The zero-order valence-electron chi connectivity index (χ0n) is 17.3. The van der Waals surface area contributed by atoms with E-state index >= 15 is 0 Å². The zero-order valence-corrected chi connectivity index (χ0v) is 19.6. The molecule has 0 aromatic carbocycles. The molecule has 0 atom stereocenters. The van der Waals surface area contributed by atoms with Crippen LogP contribution in [0.25, 0.3) is 0 Å². The van der Waals surface area contributed by atoms with Crippen molar-refractivity contribution >= 4 is 35.8 Å². The quantitative estimate of drug-likeness (QED) is 0.209. The second-order valence-electron chi connectivity index (χ2n) is 7.34. The van der Waals surface area contributed by atoms with Gasteiger partial charge in [-0.05, 0) is 31.9 Å². The minimum atomic E-state index is -0.0407. The predicted octanol–water partition coefficient (Wildman–Crippen LogP) is 3.93. The van der Waals surface area contributed by atoms with E-state index in [0.29, 0.717) is 12.4 Å². The molecule has 0 amide bonds. The minimum absolute atomic E-state index is 0. The third-order valence-corrected chi connectivity index (χ3v) is 3.88. The van der Waals surface area contributed by atoms with Crippen LogP contribution in [0.2, 0.25) is 0 Å². The molecule has 3 N–H and O–H groups in total. The highest BCUT2D eigenvalue weighted by Gasteiger charge is 2.18. The van der Waals surface area contributed by atoms with Gasteiger partial charge in [0.1, 0.15) is 18.1 Å². The van der Waals surface area contributed by atoms with Crippen LogP contribution in [0.3, 0.4) is 0 Å². The molecule has 2 aromatic heterocycles. The van der Waals surface area contributed by atoms with Gasteiger partial charge in [-0.15, -0.1) is 24.0 Å². The van der Waals surface area contributed by atoms with Crippen LogP contribution in [0.1, 0.15) is 52.2 Å². The largest absolute Gasteiger partial charge is 0.443 e. The molecule has 2 rings (SSSR count). The van der Waals surface area contributed by atoms with Gasteiger partial charge in [-0.2, -0.15) is 0 Å². The molecule has 0 aliphatic heterocycles. The van der Waals surface area contributed by atoms with Crippen LogP contribution in [0.5, 0.6) is 0 Å². The maximum atomic E-state index is 5.79. The van der Waals surface area contributed by atoms with E-state index in [0.717, 1.165) is 50.0 Å². The number of oxazole rings is 1. The molecule has 2 aromatic rings. The first-order valence-electron chi connectivity index (χ1n) is 9.61. The van der Waals surface area contributed by atoms with Crippen molar-refractivity contribution in [3.05, 3.63) is 42.2 Å². The summed E-state index contributed by atoms with van der Waals surface area (Å²) in [6, 6.07) is 5.87. The lowest BCUT2D eigenvalue weighted by Crippen LogP contribution is -2.37. The summed E-state index contributed by atoms with van der Waals surface area (Å²) in [6.45, 7) is 11.4. The van der Waals surface area contributed by atoms with E-state index < -0.39 is 0 Å². The second kappa shape index (κ2) is 12.6. The van der Waals surface area contributed by atoms with E-state index in [1.54, 1.807) is 12.4 Å². The van der Waals surface area contributed by atoms with Crippen molar-refractivity contribution in [2.45, 2.75) is 52.5 Å². The van der Waals surface area contributed by atoms with Gasteiger partial charge in [-0.3, -0.25) is 0 Å². The van der Waals surface area contributed by atoms with E-state index in [1.165, 1.54) is 0 Å². The fraction of sp³-hybridized carbons (Fsp3) is 0.550. The van der Waals surface area contributed by atoms with Crippen molar-refractivity contribution in [3.8, 4) is 0 Å². The van der Waals surface area contributed by atoms with Crippen molar-refractivity contribution < 1.29 is 4.42 Å². The number of aromatic nitrogens is 2. The molecule has 0 aliphatic carbocycles. The number of hydrogen-bond acceptors (Lipinski definition) is 5. The van der Waals surface area contributed by atoms with Crippen molar-refractivity contribution in [1.29, 1.82) is 0 Å². The average Bonchev–Trinajstić information content (AvgIpc) is 3.13. The Morgan fingerprint density at radius 1 is 1.11 bits per heavy atom. The molecular formula is C20H33IN6O. The standard InChI is InChI=1S/C20H32N6O.HI/c1-5-21-19(26-15-18-25-14-16(27-18)20(2,3)4)24-13-9-8-12-23-17-10-6-7-11-22-17;/h6-7,10-11,14H,5,8-9,12-13,15H2,1-4H3,(H,22,23)(H2,21,24,26);1H. The number of hydrogen-bond donors (Lipinski definition) is 3. The zero-order chi connectivity index (χ0) is 19.5. The number of unbranched alkanes of at least 4 members (excludes halogenated alkanes) is 1. The van der Waals surface area contributed by atoms with Crippen LogP contribution in [-0.2, 0) is 12.0 Å². The predicted molar refractivity (Wildman–Crippen MR) is 125 cm³/mol. The average molecular weight is 500 g/mol. The number of aliphatic imine (C=N–C) groups is 1. The highest BCUT2D eigenvalue weighted by Crippen LogP contribution is 2.22. The summed E-state index contributed by atoms with van der Waals surface area (Å²) in [5, 5.41) is 9.92. The molecule has 0 radical (unpaired) electrons. The molecule has 0 fully saturated rings. The van der Waals surface area contributed by atoms with Crippen LogP contribution in [-0.4, -0.2) is 35.6 Å². The smallest absolute Gasteiger partial charge is 0.216 e. The molecule has 0 spiro atoms. The Kier molecular flexibility index (Phi) is 10.9.